The molecule has 3 heterocycles. The molecule has 4 aromatic rings. The molecule has 4 rings (SSSR count). The normalized spacial score (nSPS) is 13.3. The number of carboxylic acids is 1. The highest BCUT2D eigenvalue weighted by Crippen LogP contribution is 2.34. The summed E-state index contributed by atoms with van der Waals surface area (Å²) >= 11 is 0.838. The third-order valence-electron chi connectivity index (χ3n) is 6.88. The highest BCUT2D eigenvalue weighted by Gasteiger charge is 2.43. The molecule has 262 valence electrons. The van der Waals surface area contributed by atoms with Crippen LogP contribution >= 0.6 is 11.3 Å². The second kappa shape index (κ2) is 14.2. The van der Waals surface area contributed by atoms with Crippen LogP contribution in [0.25, 0.3) is 10.6 Å². The van der Waals surface area contributed by atoms with Gasteiger partial charge < -0.3 is 9.84 Å². The molecule has 0 aliphatic heterocycles. The highest BCUT2D eigenvalue weighted by molar-refractivity contribution is 7.89. The van der Waals surface area contributed by atoms with Gasteiger partial charge in [0.2, 0.25) is 0 Å². The van der Waals surface area contributed by atoms with Gasteiger partial charge in [0.25, 0.3) is 10.0 Å². The van der Waals surface area contributed by atoms with E-state index in [1.807, 2.05) is 0 Å². The molecule has 0 bridgehead atoms. The predicted octanol–water partition coefficient (Wildman–Crippen LogP) is 7.25. The molecule has 0 spiro atoms. The summed E-state index contributed by atoms with van der Waals surface area (Å²) in [5.41, 5.74) is -1.82. The minimum atomic E-state index is -4.58. The Morgan fingerprint density at radius 2 is 1.59 bits per heavy atom. The van der Waals surface area contributed by atoms with Crippen LogP contribution in [0.5, 0.6) is 0 Å². The van der Waals surface area contributed by atoms with Crippen molar-refractivity contribution in [1.82, 2.24) is 19.3 Å². The van der Waals surface area contributed by atoms with Gasteiger partial charge in [0.05, 0.1) is 12.2 Å². The van der Waals surface area contributed by atoms with Gasteiger partial charge in [0.15, 0.2) is 10.7 Å². The van der Waals surface area contributed by atoms with Crippen molar-refractivity contribution in [3.8, 4) is 10.6 Å². The Morgan fingerprint density at radius 1 is 0.918 bits per heavy atom. The van der Waals surface area contributed by atoms with E-state index >= 15 is 0 Å². The van der Waals surface area contributed by atoms with Crippen LogP contribution in [-0.2, 0) is 38.8 Å². The van der Waals surface area contributed by atoms with E-state index in [0.29, 0.717) is 11.1 Å². The molecule has 0 aliphatic rings. The standard InChI is InChI=1S/C33H36F3N5O6S2/c1-31(2,3)27(29(42)43)41(30(44)47-32(4,5)6)25-11-9-10-23(38-25)19-40(49(45,46)26-12-7-8-17-37-26)18-21-13-15-22(16-14-21)28-39-24(20-48-28)33(34,35)36/h7-17,20,27H,18-19H2,1-6H3,(H,42,43). The number of nitrogens with zero attached hydrogens (tertiary/aromatic N) is 5. The summed E-state index contributed by atoms with van der Waals surface area (Å²) in [6.07, 6.45) is -4.19. The first-order valence-electron chi connectivity index (χ1n) is 14.9. The molecule has 49 heavy (non-hydrogen) atoms. The maximum Gasteiger partial charge on any atom is 0.434 e. The molecule has 1 aromatic carbocycles. The SMILES string of the molecule is CC(C)(C)OC(=O)N(c1cccc(CN(Cc2ccc(-c3nc(C(F)(F)F)cs3)cc2)S(=O)(=O)c2ccccn2)n1)C(C(=O)O)C(C)(C)C. The zero-order valence-electron chi connectivity index (χ0n) is 27.6. The lowest BCUT2D eigenvalue weighted by molar-refractivity contribution is -0.141. The molecule has 1 N–H and O–H groups in total. The molecule has 3 aromatic heterocycles. The number of sulfonamides is 1. The molecule has 1 unspecified atom stereocenters. The van der Waals surface area contributed by atoms with Crippen molar-refractivity contribution < 1.29 is 41.0 Å². The van der Waals surface area contributed by atoms with E-state index in [2.05, 4.69) is 15.0 Å². The van der Waals surface area contributed by atoms with E-state index in [1.165, 1.54) is 36.5 Å². The first kappa shape index (κ1) is 37.4. The van der Waals surface area contributed by atoms with Crippen LogP contribution < -0.4 is 4.90 Å². The topological polar surface area (TPSA) is 143 Å². The summed E-state index contributed by atoms with van der Waals surface area (Å²) in [5, 5.41) is 11.0. The lowest BCUT2D eigenvalue weighted by Gasteiger charge is -2.37. The third kappa shape index (κ3) is 9.39. The molecule has 0 fully saturated rings. The summed E-state index contributed by atoms with van der Waals surface area (Å²) in [5.74, 6) is -1.35. The molecule has 0 saturated heterocycles. The fourth-order valence-corrected chi connectivity index (χ4v) is 6.89. The lowest BCUT2D eigenvalue weighted by Crippen LogP contribution is -2.54. The zero-order valence-corrected chi connectivity index (χ0v) is 29.2. The summed E-state index contributed by atoms with van der Waals surface area (Å²) in [6, 6.07) is 13.8. The van der Waals surface area contributed by atoms with Gasteiger partial charge in [-0.25, -0.2) is 37.9 Å². The van der Waals surface area contributed by atoms with E-state index < -0.39 is 51.0 Å². The average Bonchev–Trinajstić information content (AvgIpc) is 3.50. The van der Waals surface area contributed by atoms with Crippen LogP contribution in [0.4, 0.5) is 23.8 Å². The number of halogens is 3. The number of carboxylic acid groups (broad SMARTS) is 1. The number of alkyl halides is 3. The quantitative estimate of drug-likeness (QED) is 0.179. The monoisotopic (exact) mass is 719 g/mol. The molecule has 1 amide bonds. The minimum absolute atomic E-state index is 0.0599. The minimum Gasteiger partial charge on any atom is -0.480 e. The fraction of sp³-hybridized carbons (Fsp3) is 0.364. The third-order valence-corrected chi connectivity index (χ3v) is 9.48. The van der Waals surface area contributed by atoms with Crippen molar-refractivity contribution in [2.24, 2.45) is 5.41 Å². The first-order chi connectivity index (χ1) is 22.7. The van der Waals surface area contributed by atoms with Gasteiger partial charge in [-0.3, -0.25) is 0 Å². The fourth-order valence-electron chi connectivity index (χ4n) is 4.73. The Morgan fingerprint density at radius 3 is 2.12 bits per heavy atom. The van der Waals surface area contributed by atoms with Crippen LogP contribution in [0, 0.1) is 5.41 Å². The van der Waals surface area contributed by atoms with Crippen molar-refractivity contribution in [3.63, 3.8) is 0 Å². The first-order valence-corrected chi connectivity index (χ1v) is 17.2. The number of benzene rings is 1. The maximum atomic E-state index is 13.9. The van der Waals surface area contributed by atoms with Crippen molar-refractivity contribution in [3.05, 3.63) is 89.2 Å². The van der Waals surface area contributed by atoms with E-state index in [1.54, 1.807) is 71.9 Å². The van der Waals surface area contributed by atoms with Crippen LogP contribution in [-0.4, -0.2) is 56.5 Å². The Labute approximate surface area is 286 Å². The van der Waals surface area contributed by atoms with E-state index in [0.717, 1.165) is 25.9 Å². The number of pyridine rings is 2. The Bertz CT molecular complexity index is 1890. The lowest BCUT2D eigenvalue weighted by atomic mass is 9.85. The number of aromatic nitrogens is 3. The molecule has 1 atom stereocenters. The molecule has 0 saturated carbocycles. The van der Waals surface area contributed by atoms with Gasteiger partial charge in [-0.1, -0.05) is 57.2 Å². The van der Waals surface area contributed by atoms with Crippen molar-refractivity contribution in [2.45, 2.75) is 77.5 Å². The molecule has 11 nitrogen and oxygen atoms in total. The van der Waals surface area contributed by atoms with E-state index in [4.69, 9.17) is 4.74 Å². The largest absolute Gasteiger partial charge is 0.480 e. The number of hydrogen-bond donors (Lipinski definition) is 1. The van der Waals surface area contributed by atoms with E-state index in [9.17, 15) is 36.3 Å². The van der Waals surface area contributed by atoms with E-state index in [-0.39, 0.29) is 34.6 Å². The van der Waals surface area contributed by atoms with Gasteiger partial charge in [-0.2, -0.15) is 17.5 Å². The van der Waals surface area contributed by atoms with Gasteiger partial charge in [0, 0.05) is 23.7 Å². The summed E-state index contributed by atoms with van der Waals surface area (Å²) in [7, 11) is -4.25. The van der Waals surface area contributed by atoms with Crippen LogP contribution in [0.2, 0.25) is 0 Å². The number of aliphatic carboxylic acids is 1. The Balaban J connectivity index is 1.72. The number of carbonyl (C=O) groups excluding carboxylic acids is 1. The summed E-state index contributed by atoms with van der Waals surface area (Å²) in [6.45, 7) is 9.39. The van der Waals surface area contributed by atoms with Crippen LogP contribution in [0.3, 0.4) is 0 Å². The second-order valence-electron chi connectivity index (χ2n) is 13.1. The summed E-state index contributed by atoms with van der Waals surface area (Å²) in [4.78, 5) is 39.2. The van der Waals surface area contributed by atoms with Gasteiger partial charge in [-0.15, -0.1) is 11.3 Å². The van der Waals surface area contributed by atoms with Crippen molar-refractivity contribution in [1.29, 1.82) is 0 Å². The number of ether oxygens (including phenoxy) is 1. The number of hydrogen-bond acceptors (Lipinski definition) is 9. The molecule has 0 radical (unpaired) electrons. The molecular formula is C33H36F3N5O6S2. The van der Waals surface area contributed by atoms with Crippen LogP contribution in [0.15, 0.2) is 77.3 Å². The smallest absolute Gasteiger partial charge is 0.434 e. The summed E-state index contributed by atoms with van der Waals surface area (Å²) < 4.78 is 73.7. The number of thiazole rings is 1. The Kier molecular flexibility index (Phi) is 10.8. The Hall–Kier alpha value is -4.41. The van der Waals surface area contributed by atoms with Crippen molar-refractivity contribution in [2.75, 3.05) is 4.90 Å². The number of rotatable bonds is 10. The van der Waals surface area contributed by atoms with Gasteiger partial charge in [0.1, 0.15) is 22.5 Å². The molecule has 16 heteroatoms. The number of amides is 1. The maximum absolute atomic E-state index is 13.9. The highest BCUT2D eigenvalue weighted by atomic mass is 32.2. The molecular weight excluding hydrogens is 684 g/mol. The van der Waals surface area contributed by atoms with Gasteiger partial charge in [-0.05, 0) is 56.0 Å². The zero-order chi connectivity index (χ0) is 36.4. The number of anilines is 1. The predicted molar refractivity (Wildman–Crippen MR) is 177 cm³/mol. The van der Waals surface area contributed by atoms with Crippen molar-refractivity contribution >= 4 is 39.2 Å². The molecule has 0 aliphatic carbocycles. The average molecular weight is 720 g/mol. The van der Waals surface area contributed by atoms with Gasteiger partial charge >= 0.3 is 18.2 Å². The van der Waals surface area contributed by atoms with Crippen LogP contribution in [0.1, 0.15) is 58.5 Å². The number of carbonyl (C=O) groups is 2. The second-order valence-corrected chi connectivity index (χ2v) is 15.9.